The van der Waals surface area contributed by atoms with E-state index < -0.39 is 12.1 Å². The van der Waals surface area contributed by atoms with Crippen molar-refractivity contribution in [1.82, 2.24) is 0 Å². The van der Waals surface area contributed by atoms with Gasteiger partial charge in [0, 0.05) is 5.02 Å². The van der Waals surface area contributed by atoms with Gasteiger partial charge in [-0.05, 0) is 31.0 Å². The summed E-state index contributed by atoms with van der Waals surface area (Å²) < 4.78 is 5.57. The second-order valence-electron chi connectivity index (χ2n) is 7.08. The van der Waals surface area contributed by atoms with E-state index >= 15 is 0 Å². The predicted octanol–water partition coefficient (Wildman–Crippen LogP) is 7.26. The fourth-order valence-corrected chi connectivity index (χ4v) is 3.29. The van der Waals surface area contributed by atoms with Crippen molar-refractivity contribution in [3.05, 3.63) is 29.3 Å². The Labute approximate surface area is 164 Å². The van der Waals surface area contributed by atoms with E-state index in [1.807, 2.05) is 0 Å². The molecule has 0 heterocycles. The lowest BCUT2D eigenvalue weighted by molar-refractivity contribution is -0.145. The second-order valence-corrected chi connectivity index (χ2v) is 7.52. The molecule has 1 aromatic carbocycles. The molecular formula is C22H35ClO3. The number of hydrogen-bond acceptors (Lipinski definition) is 2. The van der Waals surface area contributed by atoms with E-state index in [9.17, 15) is 9.90 Å². The van der Waals surface area contributed by atoms with Crippen molar-refractivity contribution in [3.63, 3.8) is 0 Å². The van der Waals surface area contributed by atoms with Crippen LogP contribution < -0.4 is 4.74 Å². The summed E-state index contributed by atoms with van der Waals surface area (Å²) in [6.45, 7) is 2.25. The van der Waals surface area contributed by atoms with Crippen molar-refractivity contribution in [2.24, 2.45) is 0 Å². The maximum absolute atomic E-state index is 11.4. The Bertz CT molecular complexity index is 490. The predicted molar refractivity (Wildman–Crippen MR) is 109 cm³/mol. The zero-order valence-electron chi connectivity index (χ0n) is 16.2. The van der Waals surface area contributed by atoms with Crippen LogP contribution >= 0.6 is 11.6 Å². The summed E-state index contributed by atoms with van der Waals surface area (Å²) in [4.78, 5) is 11.4. The van der Waals surface area contributed by atoms with Crippen molar-refractivity contribution >= 4 is 17.6 Å². The molecular weight excluding hydrogens is 348 g/mol. The van der Waals surface area contributed by atoms with Gasteiger partial charge in [-0.15, -0.1) is 0 Å². The van der Waals surface area contributed by atoms with E-state index in [1.165, 1.54) is 64.2 Å². The van der Waals surface area contributed by atoms with Gasteiger partial charge in [0.05, 0.1) is 0 Å². The number of carbonyl (C=O) groups is 1. The van der Waals surface area contributed by atoms with Crippen LogP contribution in [0.4, 0.5) is 0 Å². The van der Waals surface area contributed by atoms with Gasteiger partial charge in [-0.2, -0.15) is 0 Å². The molecule has 0 aliphatic rings. The number of carboxylic acid groups (broad SMARTS) is 1. The van der Waals surface area contributed by atoms with Crippen LogP contribution in [0.3, 0.4) is 0 Å². The Hall–Kier alpha value is -1.22. The monoisotopic (exact) mass is 382 g/mol. The third-order valence-electron chi connectivity index (χ3n) is 4.67. The number of carboxylic acids is 1. The number of rotatable bonds is 16. The third kappa shape index (κ3) is 11.4. The van der Waals surface area contributed by atoms with E-state index in [4.69, 9.17) is 16.3 Å². The Kier molecular flexibility index (Phi) is 13.1. The van der Waals surface area contributed by atoms with Crippen LogP contribution in [0.2, 0.25) is 5.02 Å². The van der Waals surface area contributed by atoms with Gasteiger partial charge in [-0.1, -0.05) is 95.2 Å². The number of unbranched alkanes of at least 4 members (excludes halogenated alkanes) is 11. The van der Waals surface area contributed by atoms with E-state index in [0.717, 1.165) is 12.8 Å². The van der Waals surface area contributed by atoms with E-state index in [-0.39, 0.29) is 0 Å². The Balaban J connectivity index is 2.05. The van der Waals surface area contributed by atoms with Gasteiger partial charge in [0.2, 0.25) is 0 Å². The molecule has 0 saturated carbocycles. The average molecular weight is 383 g/mol. The lowest BCUT2D eigenvalue weighted by atomic mass is 10.0. The number of ether oxygens (including phenoxy) is 1. The molecule has 148 valence electrons. The molecule has 26 heavy (non-hydrogen) atoms. The van der Waals surface area contributed by atoms with Crippen LogP contribution in [-0.2, 0) is 4.79 Å². The lowest BCUT2D eigenvalue weighted by Crippen LogP contribution is -2.26. The average Bonchev–Trinajstić information content (AvgIpc) is 2.61. The molecule has 0 aliphatic carbocycles. The van der Waals surface area contributed by atoms with Crippen molar-refractivity contribution in [1.29, 1.82) is 0 Å². The van der Waals surface area contributed by atoms with Gasteiger partial charge < -0.3 is 9.84 Å². The quantitative estimate of drug-likeness (QED) is 0.306. The van der Waals surface area contributed by atoms with Crippen LogP contribution in [0.1, 0.15) is 90.4 Å². The first-order valence-electron chi connectivity index (χ1n) is 10.3. The molecule has 0 aromatic heterocycles. The van der Waals surface area contributed by atoms with Gasteiger partial charge in [0.15, 0.2) is 6.10 Å². The molecule has 0 fully saturated rings. The number of benzene rings is 1. The lowest BCUT2D eigenvalue weighted by Gasteiger charge is -2.15. The first kappa shape index (κ1) is 22.8. The minimum atomic E-state index is -0.909. The molecule has 0 saturated heterocycles. The first-order chi connectivity index (χ1) is 12.6. The summed E-state index contributed by atoms with van der Waals surface area (Å²) in [5.41, 5.74) is 0. The fourth-order valence-electron chi connectivity index (χ4n) is 3.11. The number of halogens is 1. The number of aliphatic carboxylic acids is 1. The molecule has 1 rings (SSSR count). The van der Waals surface area contributed by atoms with Gasteiger partial charge in [0.25, 0.3) is 0 Å². The zero-order chi connectivity index (χ0) is 19.0. The molecule has 1 aromatic rings. The highest BCUT2D eigenvalue weighted by molar-refractivity contribution is 6.30. The van der Waals surface area contributed by atoms with Crippen molar-refractivity contribution in [2.45, 2.75) is 96.5 Å². The highest BCUT2D eigenvalue weighted by atomic mass is 35.5. The molecule has 4 heteroatoms. The standard InChI is InChI=1S/C22H35ClO3/c1-2-3-4-5-6-7-8-9-10-11-12-13-17-21(22(24)25)26-20-16-14-15-19(23)18-20/h14-16,18,21H,2-13,17H2,1H3,(H,24,25). The van der Waals surface area contributed by atoms with Crippen molar-refractivity contribution in [2.75, 3.05) is 0 Å². The van der Waals surface area contributed by atoms with Gasteiger partial charge >= 0.3 is 5.97 Å². The molecule has 0 radical (unpaired) electrons. The SMILES string of the molecule is CCCCCCCCCCCCCCC(Oc1cccc(Cl)c1)C(=O)O. The van der Waals surface area contributed by atoms with Crippen LogP contribution in [0.5, 0.6) is 5.75 Å². The van der Waals surface area contributed by atoms with E-state index in [2.05, 4.69) is 6.92 Å². The molecule has 1 N–H and O–H groups in total. The Morgan fingerprint density at radius 3 is 2.00 bits per heavy atom. The normalized spacial score (nSPS) is 12.1. The minimum absolute atomic E-state index is 0.517. The first-order valence-corrected chi connectivity index (χ1v) is 10.7. The highest BCUT2D eigenvalue weighted by Crippen LogP contribution is 2.20. The van der Waals surface area contributed by atoms with Crippen molar-refractivity contribution < 1.29 is 14.6 Å². The summed E-state index contributed by atoms with van der Waals surface area (Å²) in [6, 6.07) is 6.90. The van der Waals surface area contributed by atoms with E-state index in [0.29, 0.717) is 17.2 Å². The maximum Gasteiger partial charge on any atom is 0.344 e. The molecule has 1 unspecified atom stereocenters. The van der Waals surface area contributed by atoms with Gasteiger partial charge in [0.1, 0.15) is 5.75 Å². The highest BCUT2D eigenvalue weighted by Gasteiger charge is 2.18. The largest absolute Gasteiger partial charge is 0.479 e. The fraction of sp³-hybridized carbons (Fsp3) is 0.682. The van der Waals surface area contributed by atoms with Crippen LogP contribution in [0.25, 0.3) is 0 Å². The van der Waals surface area contributed by atoms with Crippen LogP contribution in [-0.4, -0.2) is 17.2 Å². The van der Waals surface area contributed by atoms with Crippen LogP contribution in [0, 0.1) is 0 Å². The smallest absolute Gasteiger partial charge is 0.344 e. The molecule has 0 spiro atoms. The molecule has 0 aliphatic heterocycles. The Morgan fingerprint density at radius 1 is 0.962 bits per heavy atom. The topological polar surface area (TPSA) is 46.5 Å². The zero-order valence-corrected chi connectivity index (χ0v) is 17.0. The molecule has 3 nitrogen and oxygen atoms in total. The maximum atomic E-state index is 11.4. The van der Waals surface area contributed by atoms with Gasteiger partial charge in [-0.3, -0.25) is 0 Å². The minimum Gasteiger partial charge on any atom is -0.479 e. The summed E-state index contributed by atoms with van der Waals surface area (Å²) in [6.07, 6.45) is 15.0. The summed E-state index contributed by atoms with van der Waals surface area (Å²) in [5, 5.41) is 9.88. The van der Waals surface area contributed by atoms with E-state index in [1.54, 1.807) is 24.3 Å². The Morgan fingerprint density at radius 2 is 1.50 bits per heavy atom. The van der Waals surface area contributed by atoms with Crippen molar-refractivity contribution in [3.8, 4) is 5.75 Å². The number of hydrogen-bond donors (Lipinski definition) is 1. The summed E-state index contributed by atoms with van der Waals surface area (Å²) in [5.74, 6) is -0.392. The second kappa shape index (κ2) is 14.9. The third-order valence-corrected chi connectivity index (χ3v) is 4.90. The molecule has 0 amide bonds. The molecule has 1 atom stereocenters. The summed E-state index contributed by atoms with van der Waals surface area (Å²) in [7, 11) is 0. The summed E-state index contributed by atoms with van der Waals surface area (Å²) >= 11 is 5.91. The van der Waals surface area contributed by atoms with Crippen LogP contribution in [0.15, 0.2) is 24.3 Å². The molecule has 0 bridgehead atoms. The van der Waals surface area contributed by atoms with Gasteiger partial charge in [-0.25, -0.2) is 4.79 Å².